The van der Waals surface area contributed by atoms with Crippen LogP contribution in [0.1, 0.15) is 5.56 Å². The molecule has 0 aliphatic heterocycles. The molecule has 35 heavy (non-hydrogen) atoms. The third-order valence-corrected chi connectivity index (χ3v) is 5.09. The maximum absolute atomic E-state index is 12.7. The molecule has 2 N–H and O–H groups in total. The molecule has 5 rings (SSSR count). The number of amides is 2. The second-order valence-corrected chi connectivity index (χ2v) is 7.48. The molecule has 0 atom stereocenters. The number of alkyl halides is 3. The number of anilines is 2. The van der Waals surface area contributed by atoms with E-state index >= 15 is 0 Å². The lowest BCUT2D eigenvalue weighted by Crippen LogP contribution is -2.19. The highest BCUT2D eigenvalue weighted by molar-refractivity contribution is 6.00. The normalized spacial score (nSPS) is 11.4. The number of halogens is 3. The van der Waals surface area contributed by atoms with Gasteiger partial charge in [0.1, 0.15) is 0 Å². The molecular formula is C24H16F3N7O. The Hall–Kier alpha value is -4.80. The Balaban J connectivity index is 1.35. The zero-order valence-electron chi connectivity index (χ0n) is 17.9. The summed E-state index contributed by atoms with van der Waals surface area (Å²) in [5.74, 6) is 0.564. The van der Waals surface area contributed by atoms with Gasteiger partial charge in [-0.05, 0) is 60.7 Å². The molecule has 0 fully saturated rings. The molecule has 0 saturated heterocycles. The van der Waals surface area contributed by atoms with Crippen molar-refractivity contribution >= 4 is 23.1 Å². The predicted molar refractivity (Wildman–Crippen MR) is 124 cm³/mol. The summed E-state index contributed by atoms with van der Waals surface area (Å²) >= 11 is 0. The molecule has 3 heterocycles. The topological polar surface area (TPSA) is 97.1 Å². The van der Waals surface area contributed by atoms with Crippen molar-refractivity contribution in [3.05, 3.63) is 90.8 Å². The first kappa shape index (κ1) is 22.0. The van der Waals surface area contributed by atoms with Gasteiger partial charge >= 0.3 is 12.2 Å². The first-order chi connectivity index (χ1) is 16.9. The van der Waals surface area contributed by atoms with Gasteiger partial charge in [-0.1, -0.05) is 12.1 Å². The van der Waals surface area contributed by atoms with Crippen LogP contribution in [0.5, 0.6) is 0 Å². The number of pyridine rings is 1. The molecule has 2 aromatic carbocycles. The number of carbonyl (C=O) groups is 1. The van der Waals surface area contributed by atoms with E-state index in [1.807, 2.05) is 18.2 Å². The fraction of sp³-hybridized carbons (Fsp3) is 0.0417. The number of nitrogens with zero attached hydrogens (tertiary/aromatic N) is 5. The summed E-state index contributed by atoms with van der Waals surface area (Å²) < 4.78 is 39.8. The van der Waals surface area contributed by atoms with E-state index in [0.717, 1.165) is 23.3 Å². The highest BCUT2D eigenvalue weighted by atomic mass is 19.4. The molecule has 0 spiro atoms. The van der Waals surface area contributed by atoms with Crippen LogP contribution in [0.3, 0.4) is 0 Å². The lowest BCUT2D eigenvalue weighted by Gasteiger charge is -2.11. The molecule has 8 nitrogen and oxygen atoms in total. The third-order valence-electron chi connectivity index (χ3n) is 5.09. The Labute approximate surface area is 196 Å². The fourth-order valence-corrected chi connectivity index (χ4v) is 3.42. The van der Waals surface area contributed by atoms with Gasteiger partial charge in [0, 0.05) is 34.9 Å². The molecule has 2 amide bonds. The predicted octanol–water partition coefficient (Wildman–Crippen LogP) is 5.52. The maximum Gasteiger partial charge on any atom is 0.416 e. The Morgan fingerprint density at radius 3 is 2.29 bits per heavy atom. The van der Waals surface area contributed by atoms with Crippen molar-refractivity contribution in [1.29, 1.82) is 0 Å². The Morgan fingerprint density at radius 1 is 0.800 bits per heavy atom. The van der Waals surface area contributed by atoms with Gasteiger partial charge in [-0.2, -0.15) is 22.8 Å². The molecular weight excluding hydrogens is 459 g/mol. The summed E-state index contributed by atoms with van der Waals surface area (Å²) in [7, 11) is 0. The average molecular weight is 475 g/mol. The van der Waals surface area contributed by atoms with Crippen molar-refractivity contribution in [2.45, 2.75) is 6.18 Å². The van der Waals surface area contributed by atoms with Crippen LogP contribution in [0.15, 0.2) is 85.2 Å². The van der Waals surface area contributed by atoms with E-state index in [4.69, 9.17) is 0 Å². The van der Waals surface area contributed by atoms with Crippen molar-refractivity contribution in [2.75, 3.05) is 10.6 Å². The van der Waals surface area contributed by atoms with E-state index in [-0.39, 0.29) is 5.69 Å². The first-order valence-corrected chi connectivity index (χ1v) is 10.4. The minimum absolute atomic E-state index is 0.232. The molecule has 0 radical (unpaired) electrons. The van der Waals surface area contributed by atoms with Crippen LogP contribution in [0, 0.1) is 0 Å². The fourth-order valence-electron chi connectivity index (χ4n) is 3.42. The van der Waals surface area contributed by atoms with Gasteiger partial charge < -0.3 is 10.6 Å². The number of fused-ring (bicyclic) bond motifs is 1. The number of carbonyl (C=O) groups excluding carboxylic acids is 1. The summed E-state index contributed by atoms with van der Waals surface area (Å²) in [5.41, 5.74) is 2.66. The van der Waals surface area contributed by atoms with Gasteiger partial charge in [0.15, 0.2) is 11.5 Å². The Kier molecular flexibility index (Phi) is 5.57. The van der Waals surface area contributed by atoms with E-state index < -0.39 is 17.8 Å². The summed E-state index contributed by atoms with van der Waals surface area (Å²) in [6, 6.07) is 17.8. The van der Waals surface area contributed by atoms with Crippen LogP contribution in [-0.4, -0.2) is 30.8 Å². The van der Waals surface area contributed by atoms with Crippen LogP contribution in [0.2, 0.25) is 0 Å². The van der Waals surface area contributed by atoms with E-state index in [9.17, 15) is 18.0 Å². The maximum atomic E-state index is 12.7. The Bertz CT molecular complexity index is 1500. The number of aromatic nitrogens is 5. The van der Waals surface area contributed by atoms with Gasteiger partial charge in [0.25, 0.3) is 0 Å². The Morgan fingerprint density at radius 2 is 1.54 bits per heavy atom. The lowest BCUT2D eigenvalue weighted by atomic mass is 10.1. The summed E-state index contributed by atoms with van der Waals surface area (Å²) in [6.45, 7) is 0. The van der Waals surface area contributed by atoms with Crippen molar-refractivity contribution in [3.8, 4) is 22.6 Å². The van der Waals surface area contributed by atoms with Crippen LogP contribution in [0.25, 0.3) is 28.3 Å². The average Bonchev–Trinajstić information content (AvgIpc) is 3.28. The molecule has 0 aliphatic carbocycles. The van der Waals surface area contributed by atoms with Crippen molar-refractivity contribution in [1.82, 2.24) is 24.8 Å². The molecule has 0 aliphatic rings. The van der Waals surface area contributed by atoms with E-state index in [0.29, 0.717) is 22.9 Å². The lowest BCUT2D eigenvalue weighted by molar-refractivity contribution is -0.137. The van der Waals surface area contributed by atoms with Crippen LogP contribution < -0.4 is 10.6 Å². The standard InChI is InChI=1S/C24H16F3N7O/c25-24(26,27)17-4-6-18(7-5-17)29-23(35)30-19-3-1-2-16(14-19)20-8-9-21-31-32-22(34(21)33-20)15-10-12-28-13-11-15/h1-14H,(H2,29,30,35). The van der Waals surface area contributed by atoms with Gasteiger partial charge in [0.2, 0.25) is 0 Å². The molecule has 0 saturated carbocycles. The van der Waals surface area contributed by atoms with Gasteiger partial charge in [-0.3, -0.25) is 4.98 Å². The van der Waals surface area contributed by atoms with Crippen molar-refractivity contribution < 1.29 is 18.0 Å². The number of benzene rings is 2. The van der Waals surface area contributed by atoms with Crippen molar-refractivity contribution in [3.63, 3.8) is 0 Å². The summed E-state index contributed by atoms with van der Waals surface area (Å²) in [6.07, 6.45) is -1.12. The minimum atomic E-state index is -4.44. The summed E-state index contributed by atoms with van der Waals surface area (Å²) in [4.78, 5) is 16.4. The van der Waals surface area contributed by atoms with E-state index in [2.05, 4.69) is 30.9 Å². The zero-order valence-corrected chi connectivity index (χ0v) is 17.9. The minimum Gasteiger partial charge on any atom is -0.308 e. The second-order valence-electron chi connectivity index (χ2n) is 7.48. The molecule has 11 heteroatoms. The highest BCUT2D eigenvalue weighted by Gasteiger charge is 2.30. The number of nitrogens with one attached hydrogen (secondary N) is 2. The third kappa shape index (κ3) is 4.78. The van der Waals surface area contributed by atoms with Gasteiger partial charge in [0.05, 0.1) is 11.3 Å². The SMILES string of the molecule is O=C(Nc1ccc(C(F)(F)F)cc1)Nc1cccc(-c2ccc3nnc(-c4ccncc4)n3n2)c1. The summed E-state index contributed by atoms with van der Waals surface area (Å²) in [5, 5.41) is 18.2. The number of urea groups is 1. The van der Waals surface area contributed by atoms with E-state index in [1.165, 1.54) is 12.1 Å². The van der Waals surface area contributed by atoms with Crippen molar-refractivity contribution in [2.24, 2.45) is 0 Å². The van der Waals surface area contributed by atoms with Gasteiger partial charge in [-0.25, -0.2) is 4.79 Å². The molecule has 174 valence electrons. The molecule has 3 aromatic heterocycles. The molecule has 0 bridgehead atoms. The highest BCUT2D eigenvalue weighted by Crippen LogP contribution is 2.30. The molecule has 0 unspecified atom stereocenters. The number of rotatable bonds is 4. The van der Waals surface area contributed by atoms with E-state index in [1.54, 1.807) is 47.2 Å². The smallest absolute Gasteiger partial charge is 0.308 e. The zero-order chi connectivity index (χ0) is 24.4. The van der Waals surface area contributed by atoms with Crippen LogP contribution in [-0.2, 0) is 6.18 Å². The molecule has 5 aromatic rings. The van der Waals surface area contributed by atoms with Crippen LogP contribution in [0.4, 0.5) is 29.3 Å². The quantitative estimate of drug-likeness (QED) is 0.357. The second kappa shape index (κ2) is 8.86. The first-order valence-electron chi connectivity index (χ1n) is 10.4. The number of hydrogen-bond acceptors (Lipinski definition) is 5. The number of hydrogen-bond donors (Lipinski definition) is 2. The monoisotopic (exact) mass is 475 g/mol. The van der Waals surface area contributed by atoms with Gasteiger partial charge in [-0.15, -0.1) is 10.2 Å². The largest absolute Gasteiger partial charge is 0.416 e. The van der Waals surface area contributed by atoms with Crippen LogP contribution >= 0.6 is 0 Å².